The Morgan fingerprint density at radius 3 is 1.94 bits per heavy atom. The first kappa shape index (κ1) is 11.7. The maximum atomic E-state index is 9.28. The van der Waals surface area contributed by atoms with E-state index in [-0.39, 0.29) is 6.61 Å². The second-order valence-corrected chi connectivity index (χ2v) is 4.37. The van der Waals surface area contributed by atoms with Crippen molar-refractivity contribution in [1.82, 2.24) is 0 Å². The second kappa shape index (κ2) is 4.60. The second-order valence-electron chi connectivity index (χ2n) is 4.37. The Bertz CT molecular complexity index is 506. The van der Waals surface area contributed by atoms with Crippen LogP contribution >= 0.6 is 0 Å². The Morgan fingerprint density at radius 2 is 1.47 bits per heavy atom. The molecule has 0 amide bonds. The van der Waals surface area contributed by atoms with Crippen LogP contribution in [0.1, 0.15) is 16.7 Å². The molecule has 0 bridgehead atoms. The van der Waals surface area contributed by atoms with E-state index >= 15 is 0 Å². The van der Waals surface area contributed by atoms with Crippen molar-refractivity contribution in [3.8, 4) is 11.1 Å². The number of aryl methyl sites for hydroxylation is 2. The lowest BCUT2D eigenvalue weighted by atomic mass is 9.96. The molecule has 2 heteroatoms. The number of aliphatic hydroxyl groups excluding tert-OH is 1. The van der Waals surface area contributed by atoms with Gasteiger partial charge in [0.15, 0.2) is 0 Å². The van der Waals surface area contributed by atoms with Crippen molar-refractivity contribution < 1.29 is 5.11 Å². The van der Waals surface area contributed by atoms with Crippen LogP contribution in [0.15, 0.2) is 36.4 Å². The van der Waals surface area contributed by atoms with Gasteiger partial charge in [-0.25, -0.2) is 0 Å². The fourth-order valence-corrected chi connectivity index (χ4v) is 2.09. The van der Waals surface area contributed by atoms with Crippen LogP contribution in [0.25, 0.3) is 11.1 Å². The predicted molar refractivity (Wildman–Crippen MR) is 71.7 cm³/mol. The molecule has 88 valence electrons. The van der Waals surface area contributed by atoms with E-state index in [0.29, 0.717) is 0 Å². The summed E-state index contributed by atoms with van der Waals surface area (Å²) in [6.45, 7) is 4.15. The zero-order chi connectivity index (χ0) is 12.4. The minimum Gasteiger partial charge on any atom is -0.399 e. The minimum absolute atomic E-state index is 0.0969. The van der Waals surface area contributed by atoms with Crippen molar-refractivity contribution in [2.45, 2.75) is 20.5 Å². The summed E-state index contributed by atoms with van der Waals surface area (Å²) in [6, 6.07) is 12.0. The highest BCUT2D eigenvalue weighted by Gasteiger charge is 2.05. The van der Waals surface area contributed by atoms with Gasteiger partial charge in [-0.3, -0.25) is 0 Å². The Kier molecular flexibility index (Phi) is 3.16. The van der Waals surface area contributed by atoms with Crippen LogP contribution < -0.4 is 5.73 Å². The first-order valence-corrected chi connectivity index (χ1v) is 5.68. The molecule has 0 aromatic heterocycles. The summed E-state index contributed by atoms with van der Waals surface area (Å²) in [5, 5.41) is 9.28. The molecule has 0 saturated carbocycles. The van der Waals surface area contributed by atoms with Gasteiger partial charge < -0.3 is 10.8 Å². The number of nitrogen functional groups attached to an aromatic ring is 1. The van der Waals surface area contributed by atoms with Gasteiger partial charge in [-0.2, -0.15) is 0 Å². The maximum Gasteiger partial charge on any atom is 0.0686 e. The van der Waals surface area contributed by atoms with Crippen molar-refractivity contribution in [2.24, 2.45) is 0 Å². The van der Waals surface area contributed by atoms with Crippen molar-refractivity contribution in [2.75, 3.05) is 5.73 Å². The highest BCUT2D eigenvalue weighted by atomic mass is 16.3. The predicted octanol–water partition coefficient (Wildman–Crippen LogP) is 3.04. The van der Waals surface area contributed by atoms with Gasteiger partial charge in [-0.05, 0) is 53.8 Å². The minimum atomic E-state index is 0.0969. The van der Waals surface area contributed by atoms with Gasteiger partial charge in [0, 0.05) is 5.69 Å². The first-order valence-electron chi connectivity index (χ1n) is 5.68. The van der Waals surface area contributed by atoms with Crippen molar-refractivity contribution in [3.05, 3.63) is 53.1 Å². The Labute approximate surface area is 102 Å². The molecule has 0 spiro atoms. The number of benzene rings is 2. The van der Waals surface area contributed by atoms with Gasteiger partial charge >= 0.3 is 0 Å². The smallest absolute Gasteiger partial charge is 0.0686 e. The van der Waals surface area contributed by atoms with Crippen molar-refractivity contribution in [3.63, 3.8) is 0 Å². The molecule has 0 atom stereocenters. The fourth-order valence-electron chi connectivity index (χ4n) is 2.09. The summed E-state index contributed by atoms with van der Waals surface area (Å²) in [5.74, 6) is 0. The van der Waals surface area contributed by atoms with E-state index < -0.39 is 0 Å². The van der Waals surface area contributed by atoms with Crippen LogP contribution in [0.2, 0.25) is 0 Å². The summed E-state index contributed by atoms with van der Waals surface area (Å²) in [7, 11) is 0. The summed E-state index contributed by atoms with van der Waals surface area (Å²) < 4.78 is 0. The Balaban J connectivity index is 2.50. The molecule has 3 N–H and O–H groups in total. The van der Waals surface area contributed by atoms with Gasteiger partial charge in [0.25, 0.3) is 0 Å². The molecular formula is C15H17NO. The third kappa shape index (κ3) is 2.32. The summed E-state index contributed by atoms with van der Waals surface area (Å²) >= 11 is 0. The standard InChI is InChI=1S/C15H17NO/c1-10-7-13(8-11(2)15(10)9-17)12-3-5-14(16)6-4-12/h3-8,17H,9,16H2,1-2H3. The van der Waals surface area contributed by atoms with Crippen LogP contribution in [0.3, 0.4) is 0 Å². The highest BCUT2D eigenvalue weighted by molar-refractivity contribution is 5.67. The Morgan fingerprint density at radius 1 is 0.941 bits per heavy atom. The van der Waals surface area contributed by atoms with E-state index in [0.717, 1.165) is 33.5 Å². The molecule has 0 unspecified atom stereocenters. The van der Waals surface area contributed by atoms with Gasteiger partial charge in [0.2, 0.25) is 0 Å². The quantitative estimate of drug-likeness (QED) is 0.774. The van der Waals surface area contributed by atoms with Crippen LogP contribution in [0.4, 0.5) is 5.69 Å². The van der Waals surface area contributed by atoms with E-state index in [1.807, 2.05) is 38.1 Å². The van der Waals surface area contributed by atoms with E-state index in [1.165, 1.54) is 0 Å². The van der Waals surface area contributed by atoms with Gasteiger partial charge in [0.05, 0.1) is 6.61 Å². The number of anilines is 1. The molecule has 2 aromatic carbocycles. The van der Waals surface area contributed by atoms with Gasteiger partial charge in [0.1, 0.15) is 0 Å². The number of rotatable bonds is 2. The molecular weight excluding hydrogens is 210 g/mol. The summed E-state index contributed by atoms with van der Waals surface area (Å²) in [6.07, 6.45) is 0. The molecule has 0 saturated heterocycles. The van der Waals surface area contributed by atoms with Crippen LogP contribution in [-0.4, -0.2) is 5.11 Å². The molecule has 0 fully saturated rings. The number of hydrogen-bond acceptors (Lipinski definition) is 2. The molecule has 2 nitrogen and oxygen atoms in total. The zero-order valence-corrected chi connectivity index (χ0v) is 10.2. The lowest BCUT2D eigenvalue weighted by molar-refractivity contribution is 0.280. The van der Waals surface area contributed by atoms with Crippen LogP contribution in [-0.2, 0) is 6.61 Å². The van der Waals surface area contributed by atoms with E-state index in [1.54, 1.807) is 0 Å². The molecule has 0 aliphatic carbocycles. The topological polar surface area (TPSA) is 46.2 Å². The normalized spacial score (nSPS) is 10.5. The largest absolute Gasteiger partial charge is 0.399 e. The SMILES string of the molecule is Cc1cc(-c2ccc(N)cc2)cc(C)c1CO. The molecule has 0 heterocycles. The monoisotopic (exact) mass is 227 g/mol. The third-order valence-corrected chi connectivity index (χ3v) is 3.10. The third-order valence-electron chi connectivity index (χ3n) is 3.10. The maximum absolute atomic E-state index is 9.28. The van der Waals surface area contributed by atoms with E-state index in [9.17, 15) is 5.11 Å². The Hall–Kier alpha value is -1.80. The zero-order valence-electron chi connectivity index (χ0n) is 10.2. The van der Waals surface area contributed by atoms with Crippen LogP contribution in [0.5, 0.6) is 0 Å². The summed E-state index contributed by atoms with van der Waals surface area (Å²) in [4.78, 5) is 0. The lowest BCUT2D eigenvalue weighted by Gasteiger charge is -2.11. The fraction of sp³-hybridized carbons (Fsp3) is 0.200. The number of nitrogens with two attached hydrogens (primary N) is 1. The highest BCUT2D eigenvalue weighted by Crippen LogP contribution is 2.25. The molecule has 2 rings (SSSR count). The van der Waals surface area contributed by atoms with Crippen molar-refractivity contribution in [1.29, 1.82) is 0 Å². The number of aliphatic hydroxyl groups is 1. The van der Waals surface area contributed by atoms with Gasteiger partial charge in [-0.15, -0.1) is 0 Å². The van der Waals surface area contributed by atoms with E-state index in [4.69, 9.17) is 5.73 Å². The molecule has 17 heavy (non-hydrogen) atoms. The van der Waals surface area contributed by atoms with Crippen molar-refractivity contribution >= 4 is 5.69 Å². The number of hydrogen-bond donors (Lipinski definition) is 2. The average Bonchev–Trinajstić information content (AvgIpc) is 2.29. The summed E-state index contributed by atoms with van der Waals surface area (Å²) in [5.41, 5.74) is 12.0. The average molecular weight is 227 g/mol. The first-order chi connectivity index (χ1) is 8.11. The molecule has 0 aliphatic heterocycles. The van der Waals surface area contributed by atoms with Gasteiger partial charge in [-0.1, -0.05) is 24.3 Å². The molecule has 2 aromatic rings. The van der Waals surface area contributed by atoms with Crippen LogP contribution in [0, 0.1) is 13.8 Å². The molecule has 0 radical (unpaired) electrons. The van der Waals surface area contributed by atoms with E-state index in [2.05, 4.69) is 12.1 Å². The molecule has 0 aliphatic rings. The lowest BCUT2D eigenvalue weighted by Crippen LogP contribution is -1.94.